The van der Waals surface area contributed by atoms with Gasteiger partial charge in [-0.3, -0.25) is 9.59 Å². The van der Waals surface area contributed by atoms with Crippen molar-refractivity contribution in [3.63, 3.8) is 0 Å². The topological polar surface area (TPSA) is 63.0 Å². The largest absolute Gasteiger partial charge is 0.472 e. The molecule has 1 aromatic rings. The van der Waals surface area contributed by atoms with Crippen LogP contribution in [0.4, 0.5) is 0 Å². The molecule has 6 heteroatoms. The predicted molar refractivity (Wildman–Crippen MR) is 93.2 cm³/mol. The third-order valence-corrected chi connectivity index (χ3v) is 5.23. The highest BCUT2D eigenvalue weighted by Gasteiger charge is 2.25. The molecule has 0 N–H and O–H groups in total. The molecule has 0 aromatic carbocycles. The number of nitrogens with zero attached hydrogens (tertiary/aromatic N) is 2. The molecule has 1 saturated heterocycles. The highest BCUT2D eigenvalue weighted by atomic mass is 16.5. The zero-order chi connectivity index (χ0) is 17.6. The fourth-order valence-corrected chi connectivity index (χ4v) is 3.75. The molecule has 2 fully saturated rings. The first kappa shape index (κ1) is 18.0. The lowest BCUT2D eigenvalue weighted by Gasteiger charge is -2.28. The highest BCUT2D eigenvalue weighted by molar-refractivity contribution is 5.93. The van der Waals surface area contributed by atoms with Crippen LogP contribution in [0.1, 0.15) is 49.4 Å². The molecule has 2 heterocycles. The van der Waals surface area contributed by atoms with Crippen molar-refractivity contribution in [3.8, 4) is 0 Å². The second-order valence-corrected chi connectivity index (χ2v) is 7.24. The third-order valence-electron chi connectivity index (χ3n) is 5.23. The van der Waals surface area contributed by atoms with Crippen molar-refractivity contribution in [2.45, 2.75) is 45.1 Å². The first-order valence-electron chi connectivity index (χ1n) is 9.34. The number of amides is 2. The Morgan fingerprint density at radius 3 is 2.72 bits per heavy atom. The van der Waals surface area contributed by atoms with Crippen molar-refractivity contribution in [1.29, 1.82) is 0 Å². The van der Waals surface area contributed by atoms with Crippen molar-refractivity contribution in [2.24, 2.45) is 5.92 Å². The smallest absolute Gasteiger partial charge is 0.257 e. The van der Waals surface area contributed by atoms with Crippen LogP contribution >= 0.6 is 0 Å². The predicted octanol–water partition coefficient (Wildman–Crippen LogP) is 2.55. The molecule has 0 spiro atoms. The first-order chi connectivity index (χ1) is 12.1. The van der Waals surface area contributed by atoms with E-state index in [4.69, 9.17) is 9.15 Å². The lowest BCUT2D eigenvalue weighted by molar-refractivity contribution is -0.139. The minimum absolute atomic E-state index is 0.0320. The summed E-state index contributed by atoms with van der Waals surface area (Å²) in [4.78, 5) is 28.5. The third kappa shape index (κ3) is 4.84. The van der Waals surface area contributed by atoms with Gasteiger partial charge in [0.25, 0.3) is 5.91 Å². The molecule has 1 aliphatic carbocycles. The summed E-state index contributed by atoms with van der Waals surface area (Å²) in [5.41, 5.74) is 0.564. The quantitative estimate of drug-likeness (QED) is 0.839. The number of hydrogen-bond acceptors (Lipinski definition) is 4. The van der Waals surface area contributed by atoms with E-state index in [9.17, 15) is 9.59 Å². The molecular formula is C19H28N2O4. The zero-order valence-electron chi connectivity index (χ0n) is 15.0. The van der Waals surface area contributed by atoms with E-state index >= 15 is 0 Å². The Kier molecular flexibility index (Phi) is 6.13. The number of hydrogen-bond donors (Lipinski definition) is 0. The molecule has 25 heavy (non-hydrogen) atoms. The molecule has 1 aliphatic heterocycles. The van der Waals surface area contributed by atoms with E-state index in [0.29, 0.717) is 37.7 Å². The Labute approximate surface area is 149 Å². The molecule has 1 saturated carbocycles. The summed E-state index contributed by atoms with van der Waals surface area (Å²) >= 11 is 0. The number of carbonyl (C=O) groups is 2. The summed E-state index contributed by atoms with van der Waals surface area (Å²) < 4.78 is 10.8. The minimum Gasteiger partial charge on any atom is -0.472 e. The summed E-state index contributed by atoms with van der Waals surface area (Å²) in [6.07, 6.45) is 8.55. The molecule has 0 radical (unpaired) electrons. The Morgan fingerprint density at radius 1 is 1.16 bits per heavy atom. The summed E-state index contributed by atoms with van der Waals surface area (Å²) in [6.45, 7) is 4.86. The van der Waals surface area contributed by atoms with Crippen molar-refractivity contribution in [1.82, 2.24) is 9.80 Å². The van der Waals surface area contributed by atoms with Crippen LogP contribution in [0.5, 0.6) is 0 Å². The minimum atomic E-state index is -0.0320. The summed E-state index contributed by atoms with van der Waals surface area (Å²) in [5, 5.41) is 0. The Hall–Kier alpha value is -1.82. The first-order valence-corrected chi connectivity index (χ1v) is 9.34. The van der Waals surface area contributed by atoms with E-state index in [1.165, 1.54) is 25.4 Å². The van der Waals surface area contributed by atoms with Crippen LogP contribution in [0.2, 0.25) is 0 Å². The van der Waals surface area contributed by atoms with Gasteiger partial charge in [0, 0.05) is 26.2 Å². The van der Waals surface area contributed by atoms with E-state index < -0.39 is 0 Å². The van der Waals surface area contributed by atoms with E-state index in [-0.39, 0.29) is 24.5 Å². The van der Waals surface area contributed by atoms with Gasteiger partial charge in [-0.15, -0.1) is 0 Å². The molecule has 6 nitrogen and oxygen atoms in total. The van der Waals surface area contributed by atoms with Crippen molar-refractivity contribution in [2.75, 3.05) is 32.8 Å². The van der Waals surface area contributed by atoms with Crippen molar-refractivity contribution < 1.29 is 18.7 Å². The van der Waals surface area contributed by atoms with Crippen molar-refractivity contribution in [3.05, 3.63) is 24.2 Å². The number of rotatable bonds is 4. The van der Waals surface area contributed by atoms with Gasteiger partial charge in [-0.25, -0.2) is 0 Å². The van der Waals surface area contributed by atoms with Gasteiger partial charge in [0.1, 0.15) is 12.9 Å². The Bertz CT molecular complexity index is 572. The fourth-order valence-electron chi connectivity index (χ4n) is 3.75. The molecule has 0 unspecified atom stereocenters. The lowest BCUT2D eigenvalue weighted by atomic mass is 9.89. The molecule has 1 aromatic heterocycles. The number of ether oxygens (including phenoxy) is 1. The van der Waals surface area contributed by atoms with Gasteiger partial charge in [0.2, 0.25) is 5.91 Å². The summed E-state index contributed by atoms with van der Waals surface area (Å²) in [6, 6.07) is 1.68. The SMILES string of the molecule is C[C@@H]1CCC[C@H](OCC(=O)N2CCCN(C(=O)c3ccoc3)CC2)C1. The summed E-state index contributed by atoms with van der Waals surface area (Å²) in [7, 11) is 0. The van der Waals surface area contributed by atoms with E-state index in [1.807, 2.05) is 4.90 Å². The molecule has 2 aliphatic rings. The van der Waals surface area contributed by atoms with Gasteiger partial charge in [-0.1, -0.05) is 19.8 Å². The Balaban J connectivity index is 1.45. The van der Waals surface area contributed by atoms with Crippen LogP contribution in [0.15, 0.2) is 23.0 Å². The molecule has 3 rings (SSSR count). The van der Waals surface area contributed by atoms with Crippen LogP contribution in [0, 0.1) is 5.92 Å². The summed E-state index contributed by atoms with van der Waals surface area (Å²) in [5.74, 6) is 0.695. The average Bonchev–Trinajstić information content (AvgIpc) is 3.03. The van der Waals surface area contributed by atoms with Gasteiger partial charge in [0.05, 0.1) is 17.9 Å². The maximum absolute atomic E-state index is 12.5. The average molecular weight is 348 g/mol. The van der Waals surface area contributed by atoms with E-state index in [1.54, 1.807) is 11.0 Å². The van der Waals surface area contributed by atoms with Crippen LogP contribution in [0.25, 0.3) is 0 Å². The molecule has 2 atom stereocenters. The second-order valence-electron chi connectivity index (χ2n) is 7.24. The van der Waals surface area contributed by atoms with E-state index in [2.05, 4.69) is 6.92 Å². The van der Waals surface area contributed by atoms with Gasteiger partial charge < -0.3 is 19.0 Å². The van der Waals surface area contributed by atoms with Gasteiger partial charge in [-0.05, 0) is 31.2 Å². The standard InChI is InChI=1S/C19H28N2O4/c1-15-4-2-5-17(12-15)25-14-18(22)20-7-3-8-21(10-9-20)19(23)16-6-11-24-13-16/h6,11,13,15,17H,2-5,7-10,12,14H2,1H3/t15-,17+/m1/s1. The number of carbonyl (C=O) groups excluding carboxylic acids is 2. The van der Waals surface area contributed by atoms with Gasteiger partial charge in [0.15, 0.2) is 0 Å². The maximum Gasteiger partial charge on any atom is 0.257 e. The van der Waals surface area contributed by atoms with E-state index in [0.717, 1.165) is 19.3 Å². The second kappa shape index (κ2) is 8.52. The molecule has 138 valence electrons. The molecular weight excluding hydrogens is 320 g/mol. The molecule has 2 amide bonds. The fraction of sp³-hybridized carbons (Fsp3) is 0.684. The normalized spacial score (nSPS) is 24.8. The molecule has 0 bridgehead atoms. The van der Waals surface area contributed by atoms with Crippen LogP contribution in [0.3, 0.4) is 0 Å². The van der Waals surface area contributed by atoms with Crippen LogP contribution in [-0.4, -0.2) is 60.5 Å². The highest BCUT2D eigenvalue weighted by Crippen LogP contribution is 2.25. The maximum atomic E-state index is 12.5. The van der Waals surface area contributed by atoms with Crippen LogP contribution in [-0.2, 0) is 9.53 Å². The van der Waals surface area contributed by atoms with Crippen molar-refractivity contribution >= 4 is 11.8 Å². The number of furan rings is 1. The Morgan fingerprint density at radius 2 is 1.96 bits per heavy atom. The zero-order valence-corrected chi connectivity index (χ0v) is 15.0. The lowest BCUT2D eigenvalue weighted by Crippen LogP contribution is -2.39. The van der Waals surface area contributed by atoms with Gasteiger partial charge >= 0.3 is 0 Å². The monoisotopic (exact) mass is 348 g/mol. The van der Waals surface area contributed by atoms with Gasteiger partial charge in [-0.2, -0.15) is 0 Å². The van der Waals surface area contributed by atoms with Crippen LogP contribution < -0.4 is 0 Å².